The van der Waals surface area contributed by atoms with Gasteiger partial charge in [0.15, 0.2) is 0 Å². The second-order valence-corrected chi connectivity index (χ2v) is 4.59. The van der Waals surface area contributed by atoms with Crippen molar-refractivity contribution in [2.75, 3.05) is 5.32 Å². The van der Waals surface area contributed by atoms with Crippen LogP contribution in [-0.2, 0) is 7.05 Å². The summed E-state index contributed by atoms with van der Waals surface area (Å²) in [5.41, 5.74) is 2.46. The van der Waals surface area contributed by atoms with E-state index in [0.29, 0.717) is 17.3 Å². The molecule has 0 fully saturated rings. The second-order valence-electron chi connectivity index (χ2n) is 4.59. The zero-order chi connectivity index (χ0) is 14.1. The van der Waals surface area contributed by atoms with Crippen molar-refractivity contribution in [1.82, 2.24) is 14.5 Å². The maximum atomic E-state index is 8.96. The molecule has 0 saturated carbocycles. The SMILES string of the molecule is Cc1nc(C#N)cc(Nc2cn(C)c3ccccc23)n1. The average Bonchev–Trinajstić information content (AvgIpc) is 2.75. The quantitative estimate of drug-likeness (QED) is 0.772. The molecule has 0 aliphatic rings. The number of para-hydroxylation sites is 1. The molecular weight excluding hydrogens is 250 g/mol. The molecule has 2 aromatic heterocycles. The predicted molar refractivity (Wildman–Crippen MR) is 77.7 cm³/mol. The molecule has 98 valence electrons. The van der Waals surface area contributed by atoms with Gasteiger partial charge in [-0.05, 0) is 13.0 Å². The molecule has 1 N–H and O–H groups in total. The molecule has 0 aliphatic heterocycles. The maximum Gasteiger partial charge on any atom is 0.146 e. The highest BCUT2D eigenvalue weighted by atomic mass is 15.1. The molecule has 0 saturated heterocycles. The summed E-state index contributed by atoms with van der Waals surface area (Å²) in [4.78, 5) is 8.35. The summed E-state index contributed by atoms with van der Waals surface area (Å²) < 4.78 is 2.05. The van der Waals surface area contributed by atoms with Crippen molar-refractivity contribution >= 4 is 22.4 Å². The summed E-state index contributed by atoms with van der Waals surface area (Å²) in [6, 6.07) is 11.8. The summed E-state index contributed by atoms with van der Waals surface area (Å²) in [5, 5.41) is 13.3. The number of anilines is 2. The Bertz CT molecular complexity index is 826. The lowest BCUT2D eigenvalue weighted by Crippen LogP contribution is -1.98. The van der Waals surface area contributed by atoms with E-state index < -0.39 is 0 Å². The monoisotopic (exact) mass is 263 g/mol. The largest absolute Gasteiger partial charge is 0.348 e. The molecule has 0 aliphatic carbocycles. The molecule has 1 aromatic carbocycles. The van der Waals surface area contributed by atoms with Crippen molar-refractivity contribution in [2.45, 2.75) is 6.92 Å². The molecule has 20 heavy (non-hydrogen) atoms. The predicted octanol–water partition coefficient (Wildman–Crippen LogP) is 2.89. The first-order valence-electron chi connectivity index (χ1n) is 6.24. The van der Waals surface area contributed by atoms with E-state index in [-0.39, 0.29) is 0 Å². The van der Waals surface area contributed by atoms with Gasteiger partial charge < -0.3 is 9.88 Å². The molecule has 0 radical (unpaired) electrons. The first kappa shape index (κ1) is 12.2. The lowest BCUT2D eigenvalue weighted by Gasteiger charge is -2.05. The third kappa shape index (κ3) is 2.08. The van der Waals surface area contributed by atoms with Gasteiger partial charge in [0.25, 0.3) is 0 Å². The van der Waals surface area contributed by atoms with Crippen molar-refractivity contribution in [2.24, 2.45) is 7.05 Å². The highest BCUT2D eigenvalue weighted by Gasteiger charge is 2.08. The van der Waals surface area contributed by atoms with Gasteiger partial charge in [0, 0.05) is 30.2 Å². The van der Waals surface area contributed by atoms with Gasteiger partial charge in [0.2, 0.25) is 0 Å². The van der Waals surface area contributed by atoms with Crippen molar-refractivity contribution in [1.29, 1.82) is 5.26 Å². The lowest BCUT2D eigenvalue weighted by molar-refractivity contribution is 0.969. The molecule has 0 atom stereocenters. The Morgan fingerprint density at radius 2 is 2.05 bits per heavy atom. The van der Waals surface area contributed by atoms with Gasteiger partial charge in [-0.2, -0.15) is 5.26 Å². The van der Waals surface area contributed by atoms with Crippen LogP contribution in [0.15, 0.2) is 36.5 Å². The van der Waals surface area contributed by atoms with Crippen LogP contribution in [0.5, 0.6) is 0 Å². The standard InChI is InChI=1S/C15H13N5/c1-10-17-11(8-16)7-15(18-10)19-13-9-20(2)14-6-4-3-5-12(13)14/h3-7,9H,1-2H3,(H,17,18,19). The molecule has 3 rings (SSSR count). The van der Waals surface area contributed by atoms with Crippen LogP contribution in [0.2, 0.25) is 0 Å². The number of aryl methyl sites for hydroxylation is 2. The highest BCUT2D eigenvalue weighted by molar-refractivity contribution is 5.94. The first-order valence-corrected chi connectivity index (χ1v) is 6.24. The highest BCUT2D eigenvalue weighted by Crippen LogP contribution is 2.27. The van der Waals surface area contributed by atoms with Crippen LogP contribution in [0, 0.1) is 18.3 Å². The number of nitrogens with one attached hydrogen (secondary N) is 1. The Labute approximate surface area is 116 Å². The molecule has 3 aromatic rings. The lowest BCUT2D eigenvalue weighted by atomic mass is 10.2. The van der Waals surface area contributed by atoms with Crippen LogP contribution in [0.25, 0.3) is 10.9 Å². The molecule has 2 heterocycles. The summed E-state index contributed by atoms with van der Waals surface area (Å²) >= 11 is 0. The van der Waals surface area contributed by atoms with Crippen molar-refractivity contribution < 1.29 is 0 Å². The molecule has 0 unspecified atom stereocenters. The number of rotatable bonds is 2. The number of hydrogen-bond donors (Lipinski definition) is 1. The minimum atomic E-state index is 0.361. The number of hydrogen-bond acceptors (Lipinski definition) is 4. The van der Waals surface area contributed by atoms with Crippen LogP contribution in [0.1, 0.15) is 11.5 Å². The fraction of sp³-hybridized carbons (Fsp3) is 0.133. The van der Waals surface area contributed by atoms with Crippen molar-refractivity contribution in [3.63, 3.8) is 0 Å². The summed E-state index contributed by atoms with van der Waals surface area (Å²) in [6.45, 7) is 1.77. The smallest absolute Gasteiger partial charge is 0.146 e. The fourth-order valence-corrected chi connectivity index (χ4v) is 2.27. The van der Waals surface area contributed by atoms with Gasteiger partial charge in [-0.15, -0.1) is 0 Å². The van der Waals surface area contributed by atoms with Gasteiger partial charge >= 0.3 is 0 Å². The maximum absolute atomic E-state index is 8.96. The summed E-state index contributed by atoms with van der Waals surface area (Å²) in [5.74, 6) is 1.21. The fourth-order valence-electron chi connectivity index (χ4n) is 2.27. The van der Waals surface area contributed by atoms with Crippen LogP contribution in [0.3, 0.4) is 0 Å². The Kier molecular flexibility index (Phi) is 2.84. The van der Waals surface area contributed by atoms with E-state index in [0.717, 1.165) is 16.6 Å². The van der Waals surface area contributed by atoms with Gasteiger partial charge in [-0.3, -0.25) is 0 Å². The number of nitriles is 1. The number of benzene rings is 1. The summed E-state index contributed by atoms with van der Waals surface area (Å²) in [6.07, 6.45) is 2.01. The van der Waals surface area contributed by atoms with E-state index in [1.807, 2.05) is 31.4 Å². The van der Waals surface area contributed by atoms with Crippen LogP contribution < -0.4 is 5.32 Å². The number of nitrogens with zero attached hydrogens (tertiary/aromatic N) is 4. The average molecular weight is 263 g/mol. The summed E-state index contributed by atoms with van der Waals surface area (Å²) in [7, 11) is 2.00. The zero-order valence-corrected chi connectivity index (χ0v) is 11.3. The third-order valence-corrected chi connectivity index (χ3v) is 3.11. The van der Waals surface area contributed by atoms with Gasteiger partial charge in [-0.1, -0.05) is 18.2 Å². The second kappa shape index (κ2) is 4.67. The van der Waals surface area contributed by atoms with Gasteiger partial charge in [0.1, 0.15) is 23.4 Å². The van der Waals surface area contributed by atoms with E-state index in [2.05, 4.69) is 32.0 Å². The van der Waals surface area contributed by atoms with Crippen molar-refractivity contribution in [3.8, 4) is 6.07 Å². The molecule has 0 amide bonds. The van der Waals surface area contributed by atoms with Crippen LogP contribution in [-0.4, -0.2) is 14.5 Å². The Balaban J connectivity index is 2.06. The Morgan fingerprint density at radius 3 is 2.85 bits per heavy atom. The topological polar surface area (TPSA) is 66.5 Å². The number of fused-ring (bicyclic) bond motifs is 1. The van der Waals surface area contributed by atoms with Crippen LogP contribution >= 0.6 is 0 Å². The molecule has 0 bridgehead atoms. The van der Waals surface area contributed by atoms with E-state index in [1.54, 1.807) is 13.0 Å². The van der Waals surface area contributed by atoms with E-state index >= 15 is 0 Å². The van der Waals surface area contributed by atoms with Crippen LogP contribution in [0.4, 0.5) is 11.5 Å². The van der Waals surface area contributed by atoms with Crippen molar-refractivity contribution in [3.05, 3.63) is 48.0 Å². The third-order valence-electron chi connectivity index (χ3n) is 3.11. The molecule has 5 nitrogen and oxygen atoms in total. The zero-order valence-electron chi connectivity index (χ0n) is 11.3. The molecule has 5 heteroatoms. The minimum absolute atomic E-state index is 0.361. The van der Waals surface area contributed by atoms with Gasteiger partial charge in [-0.25, -0.2) is 9.97 Å². The first-order chi connectivity index (χ1) is 9.67. The normalized spacial score (nSPS) is 10.4. The molecule has 0 spiro atoms. The van der Waals surface area contributed by atoms with Gasteiger partial charge in [0.05, 0.1) is 5.69 Å². The number of aromatic nitrogens is 3. The Morgan fingerprint density at radius 1 is 1.25 bits per heavy atom. The molecular formula is C15H13N5. The van der Waals surface area contributed by atoms with E-state index in [1.165, 1.54) is 0 Å². The Hall–Kier alpha value is -2.87. The van der Waals surface area contributed by atoms with E-state index in [9.17, 15) is 0 Å². The minimum Gasteiger partial charge on any atom is -0.348 e. The van der Waals surface area contributed by atoms with E-state index in [4.69, 9.17) is 5.26 Å².